The predicted molar refractivity (Wildman–Crippen MR) is 96.6 cm³/mol. The fourth-order valence-corrected chi connectivity index (χ4v) is 3.01. The van der Waals surface area contributed by atoms with Gasteiger partial charge in [0, 0.05) is 18.7 Å². The minimum atomic E-state index is -0.347. The van der Waals surface area contributed by atoms with Crippen molar-refractivity contribution in [1.29, 1.82) is 0 Å². The first-order chi connectivity index (χ1) is 12.5. The molecule has 0 unspecified atom stereocenters. The van der Waals surface area contributed by atoms with Crippen molar-refractivity contribution in [1.82, 2.24) is 5.32 Å². The Bertz CT molecular complexity index is 775. The number of hydrogen-bond acceptors (Lipinski definition) is 3. The van der Waals surface area contributed by atoms with Crippen LogP contribution in [0.1, 0.15) is 18.9 Å². The van der Waals surface area contributed by atoms with Gasteiger partial charge in [0.25, 0.3) is 0 Å². The van der Waals surface area contributed by atoms with Gasteiger partial charge in [0.1, 0.15) is 11.6 Å². The number of hydrogen-bond donors (Lipinski definition) is 1. The standard InChI is InChI=1S/C20H21FN2O3/c1-2-26-18-9-3-14(4-10-18)11-19(24)22-16-12-20(25)23(13-16)17-7-5-15(21)6-8-17/h3-10,16H,2,11-13H2,1H3,(H,22,24)/t16-/m0/s1. The van der Waals surface area contributed by atoms with Crippen LogP contribution in [-0.4, -0.2) is 31.0 Å². The number of carbonyl (C=O) groups excluding carboxylic acids is 2. The summed E-state index contributed by atoms with van der Waals surface area (Å²) in [5.41, 5.74) is 1.52. The Morgan fingerprint density at radius 2 is 1.88 bits per heavy atom. The zero-order valence-electron chi connectivity index (χ0n) is 14.6. The van der Waals surface area contributed by atoms with Crippen LogP contribution in [0.3, 0.4) is 0 Å². The Balaban J connectivity index is 1.55. The van der Waals surface area contributed by atoms with E-state index in [4.69, 9.17) is 4.74 Å². The van der Waals surface area contributed by atoms with Gasteiger partial charge >= 0.3 is 0 Å². The van der Waals surface area contributed by atoms with E-state index in [0.29, 0.717) is 18.8 Å². The van der Waals surface area contributed by atoms with Gasteiger partial charge in [-0.3, -0.25) is 9.59 Å². The lowest BCUT2D eigenvalue weighted by molar-refractivity contribution is -0.121. The number of benzene rings is 2. The molecule has 1 atom stereocenters. The normalized spacial score (nSPS) is 16.6. The first kappa shape index (κ1) is 17.9. The fraction of sp³-hybridized carbons (Fsp3) is 0.300. The Hall–Kier alpha value is -2.89. The molecule has 0 saturated carbocycles. The van der Waals surface area contributed by atoms with Crippen molar-refractivity contribution in [2.24, 2.45) is 0 Å². The van der Waals surface area contributed by atoms with Crippen LogP contribution < -0.4 is 15.0 Å². The molecule has 0 radical (unpaired) electrons. The second-order valence-electron chi connectivity index (χ2n) is 6.20. The lowest BCUT2D eigenvalue weighted by atomic mass is 10.1. The molecule has 1 aliphatic rings. The van der Waals surface area contributed by atoms with E-state index in [1.54, 1.807) is 17.0 Å². The molecule has 3 rings (SSSR count). The molecule has 5 nitrogen and oxygen atoms in total. The van der Waals surface area contributed by atoms with Crippen molar-refractivity contribution in [3.8, 4) is 5.75 Å². The van der Waals surface area contributed by atoms with Crippen LogP contribution in [0.4, 0.5) is 10.1 Å². The smallest absolute Gasteiger partial charge is 0.229 e. The first-order valence-electron chi connectivity index (χ1n) is 8.62. The summed E-state index contributed by atoms with van der Waals surface area (Å²) in [4.78, 5) is 26.0. The average Bonchev–Trinajstić information content (AvgIpc) is 2.97. The van der Waals surface area contributed by atoms with Crippen molar-refractivity contribution >= 4 is 17.5 Å². The topological polar surface area (TPSA) is 58.6 Å². The van der Waals surface area contributed by atoms with Gasteiger partial charge < -0.3 is 15.0 Å². The monoisotopic (exact) mass is 356 g/mol. The number of ether oxygens (including phenoxy) is 1. The zero-order chi connectivity index (χ0) is 18.5. The maximum absolute atomic E-state index is 13.0. The van der Waals surface area contributed by atoms with Crippen LogP contribution >= 0.6 is 0 Å². The van der Waals surface area contributed by atoms with Crippen LogP contribution in [0.5, 0.6) is 5.75 Å². The van der Waals surface area contributed by atoms with E-state index in [0.717, 1.165) is 11.3 Å². The molecule has 6 heteroatoms. The van der Waals surface area contributed by atoms with Gasteiger partial charge in [-0.25, -0.2) is 4.39 Å². The number of amides is 2. The first-order valence-corrected chi connectivity index (χ1v) is 8.62. The molecule has 1 N–H and O–H groups in total. The van der Waals surface area contributed by atoms with Gasteiger partial charge in [-0.2, -0.15) is 0 Å². The molecule has 0 aliphatic carbocycles. The number of rotatable bonds is 6. The van der Waals surface area contributed by atoms with E-state index in [9.17, 15) is 14.0 Å². The molecule has 0 spiro atoms. The third kappa shape index (κ3) is 4.39. The second kappa shape index (κ2) is 7.99. The maximum atomic E-state index is 13.0. The van der Waals surface area contributed by atoms with Gasteiger partial charge in [-0.1, -0.05) is 12.1 Å². The Morgan fingerprint density at radius 1 is 1.19 bits per heavy atom. The average molecular weight is 356 g/mol. The molecule has 1 aliphatic heterocycles. The molecular weight excluding hydrogens is 335 g/mol. The minimum Gasteiger partial charge on any atom is -0.494 e. The van der Waals surface area contributed by atoms with Crippen LogP contribution in [0.15, 0.2) is 48.5 Å². The van der Waals surface area contributed by atoms with Crippen LogP contribution in [0, 0.1) is 5.82 Å². The number of carbonyl (C=O) groups is 2. The van der Waals surface area contributed by atoms with Crippen LogP contribution in [0.25, 0.3) is 0 Å². The highest BCUT2D eigenvalue weighted by Gasteiger charge is 2.31. The molecule has 1 saturated heterocycles. The molecule has 0 bridgehead atoms. The maximum Gasteiger partial charge on any atom is 0.229 e. The van der Waals surface area contributed by atoms with Crippen molar-refractivity contribution in [3.05, 3.63) is 59.9 Å². The molecule has 136 valence electrons. The van der Waals surface area contributed by atoms with Crippen LogP contribution in [-0.2, 0) is 16.0 Å². The third-order valence-electron chi connectivity index (χ3n) is 4.23. The third-order valence-corrected chi connectivity index (χ3v) is 4.23. The fourth-order valence-electron chi connectivity index (χ4n) is 3.01. The van der Waals surface area contributed by atoms with Gasteiger partial charge in [-0.05, 0) is 48.9 Å². The number of anilines is 1. The van der Waals surface area contributed by atoms with Crippen molar-refractivity contribution < 1.29 is 18.7 Å². The van der Waals surface area contributed by atoms with E-state index in [2.05, 4.69) is 5.32 Å². The summed E-state index contributed by atoms with van der Waals surface area (Å²) in [6.45, 7) is 2.90. The zero-order valence-corrected chi connectivity index (χ0v) is 14.6. The highest BCUT2D eigenvalue weighted by molar-refractivity contribution is 5.96. The summed E-state index contributed by atoms with van der Waals surface area (Å²) in [7, 11) is 0. The van der Waals surface area contributed by atoms with Gasteiger partial charge in [0.05, 0.1) is 19.1 Å². The van der Waals surface area contributed by atoms with E-state index in [1.807, 2.05) is 31.2 Å². The summed E-state index contributed by atoms with van der Waals surface area (Å²) in [5, 5.41) is 2.90. The molecule has 1 heterocycles. The number of nitrogens with zero attached hydrogens (tertiary/aromatic N) is 1. The highest BCUT2D eigenvalue weighted by Crippen LogP contribution is 2.22. The van der Waals surface area contributed by atoms with E-state index in [1.165, 1.54) is 12.1 Å². The lowest BCUT2D eigenvalue weighted by Crippen LogP contribution is -2.38. The predicted octanol–water partition coefficient (Wildman–Crippen LogP) is 2.69. The minimum absolute atomic E-state index is 0.0806. The molecule has 2 aromatic rings. The molecule has 2 amide bonds. The Labute approximate surface area is 151 Å². The van der Waals surface area contributed by atoms with Crippen molar-refractivity contribution in [2.75, 3.05) is 18.1 Å². The van der Waals surface area contributed by atoms with Gasteiger partial charge in [-0.15, -0.1) is 0 Å². The Kier molecular flexibility index (Phi) is 5.51. The van der Waals surface area contributed by atoms with Gasteiger partial charge in [0.15, 0.2) is 0 Å². The van der Waals surface area contributed by atoms with E-state index >= 15 is 0 Å². The second-order valence-corrected chi connectivity index (χ2v) is 6.20. The Morgan fingerprint density at radius 3 is 2.54 bits per heavy atom. The van der Waals surface area contributed by atoms with E-state index in [-0.39, 0.29) is 36.5 Å². The van der Waals surface area contributed by atoms with Gasteiger partial charge in [0.2, 0.25) is 11.8 Å². The van der Waals surface area contributed by atoms with Crippen molar-refractivity contribution in [2.45, 2.75) is 25.8 Å². The molecule has 1 fully saturated rings. The molecule has 0 aromatic heterocycles. The van der Waals surface area contributed by atoms with E-state index < -0.39 is 0 Å². The molecule has 26 heavy (non-hydrogen) atoms. The summed E-state index contributed by atoms with van der Waals surface area (Å²) in [6, 6.07) is 12.9. The highest BCUT2D eigenvalue weighted by atomic mass is 19.1. The lowest BCUT2D eigenvalue weighted by Gasteiger charge is -2.17. The quantitative estimate of drug-likeness (QED) is 0.866. The van der Waals surface area contributed by atoms with Crippen LogP contribution in [0.2, 0.25) is 0 Å². The summed E-state index contributed by atoms with van der Waals surface area (Å²) in [5.74, 6) is 0.212. The molecule has 2 aromatic carbocycles. The number of halogens is 1. The SMILES string of the molecule is CCOc1ccc(CC(=O)N[C@H]2CC(=O)N(c3ccc(F)cc3)C2)cc1. The summed E-state index contributed by atoms with van der Waals surface area (Å²) in [6.07, 6.45) is 0.486. The molecular formula is C20H21FN2O3. The summed E-state index contributed by atoms with van der Waals surface area (Å²) >= 11 is 0. The van der Waals surface area contributed by atoms with Crippen molar-refractivity contribution in [3.63, 3.8) is 0 Å². The largest absolute Gasteiger partial charge is 0.494 e. The number of nitrogens with one attached hydrogen (secondary N) is 1. The summed E-state index contributed by atoms with van der Waals surface area (Å²) < 4.78 is 18.4.